The van der Waals surface area contributed by atoms with Gasteiger partial charge in [0.2, 0.25) is 0 Å². The summed E-state index contributed by atoms with van der Waals surface area (Å²) in [6.07, 6.45) is 0. The van der Waals surface area contributed by atoms with Crippen LogP contribution in [0.25, 0.3) is 10.8 Å². The second-order valence-electron chi connectivity index (χ2n) is 2.89. The van der Waals surface area contributed by atoms with Crippen molar-refractivity contribution in [2.75, 3.05) is 0 Å². The second-order valence-corrected chi connectivity index (χ2v) is 5.60. The van der Waals surface area contributed by atoms with Crippen LogP contribution in [0.1, 0.15) is 0 Å². The average Bonchev–Trinajstić information content (AvgIpc) is 2.17. The molecule has 0 aliphatic heterocycles. The first kappa shape index (κ1) is 9.43. The summed E-state index contributed by atoms with van der Waals surface area (Å²) in [5.41, 5.74) is 0. The lowest BCUT2D eigenvalue weighted by atomic mass is 10.1. The zero-order valence-corrected chi connectivity index (χ0v) is 9.93. The first-order valence-corrected chi connectivity index (χ1v) is 8.65. The van der Waals surface area contributed by atoms with Crippen molar-refractivity contribution in [2.24, 2.45) is 0 Å². The minimum atomic E-state index is -0.479. The van der Waals surface area contributed by atoms with E-state index < -0.39 is 18.2 Å². The Labute approximate surface area is 91.7 Å². The van der Waals surface area contributed by atoms with Gasteiger partial charge >= 0.3 is 18.2 Å². The van der Waals surface area contributed by atoms with Crippen LogP contribution >= 0.6 is 12.9 Å². The highest BCUT2D eigenvalue weighted by atomic mass is 79.9. The Morgan fingerprint density at radius 3 is 2.46 bits per heavy atom. The molecule has 0 saturated carbocycles. The van der Waals surface area contributed by atoms with Gasteiger partial charge in [0.1, 0.15) is 5.82 Å². The van der Waals surface area contributed by atoms with Crippen LogP contribution in [-0.2, 0) is 0 Å². The maximum atomic E-state index is 13.4. The van der Waals surface area contributed by atoms with E-state index in [1.807, 2.05) is 24.3 Å². The van der Waals surface area contributed by atoms with Gasteiger partial charge in [-0.25, -0.2) is 4.39 Å². The molecule has 3 heteroatoms. The van der Waals surface area contributed by atoms with Gasteiger partial charge in [0.05, 0.1) is 0 Å². The molecule has 62 valence electrons. The molecule has 0 unspecified atom stereocenters. The Balaban J connectivity index is 2.87. The second kappa shape index (κ2) is 3.94. The van der Waals surface area contributed by atoms with Crippen molar-refractivity contribution < 1.29 is 4.39 Å². The Bertz CT molecular complexity index is 437. The maximum Gasteiger partial charge on any atom is 0.507 e. The lowest BCUT2D eigenvalue weighted by Gasteiger charge is -2.04. The zero-order valence-electron chi connectivity index (χ0n) is 6.93. The number of fused-ring (bicyclic) bond motifs is 1. The predicted molar refractivity (Wildman–Crippen MR) is 58.2 cm³/mol. The van der Waals surface area contributed by atoms with Gasteiger partial charge < -0.3 is 0 Å². The molecule has 0 bridgehead atoms. The molecule has 0 nitrogen and oxygen atoms in total. The van der Waals surface area contributed by atoms with Crippen LogP contribution < -0.4 is 3.69 Å². The van der Waals surface area contributed by atoms with Gasteiger partial charge in [-0.3, -0.25) is 12.9 Å². The quantitative estimate of drug-likeness (QED) is 0.682. The van der Waals surface area contributed by atoms with E-state index in [2.05, 4.69) is 12.9 Å². The van der Waals surface area contributed by atoms with Crippen LogP contribution in [0.4, 0.5) is 4.39 Å². The van der Waals surface area contributed by atoms with Gasteiger partial charge in [-0.15, -0.1) is 3.69 Å². The lowest BCUT2D eigenvalue weighted by Crippen LogP contribution is -2.10. The number of rotatable bonds is 1. The molecule has 0 heterocycles. The molecule has 0 atom stereocenters. The van der Waals surface area contributed by atoms with E-state index in [0.717, 1.165) is 14.5 Å². The van der Waals surface area contributed by atoms with Gasteiger partial charge in [0, 0.05) is 0 Å². The molecular weight excluding hydrogens is 243 g/mol. The number of benzene rings is 2. The monoisotopic (exact) mass is 248 g/mol. The Hall–Kier alpha value is -0.124. The topological polar surface area (TPSA) is 0 Å². The fourth-order valence-corrected chi connectivity index (χ4v) is 3.61. The standard InChI is InChI=1S/C10H6F.BrH.Mg/c11-10-7-3-5-8-4-1-2-6-9(8)10;;/h1-5,7H;1H;/q;;+1/p-1. The smallest absolute Gasteiger partial charge is 0.296 e. The molecule has 0 aliphatic rings. The van der Waals surface area contributed by atoms with E-state index in [1.54, 1.807) is 6.07 Å². The average molecular weight is 249 g/mol. The van der Waals surface area contributed by atoms with E-state index in [1.165, 1.54) is 6.07 Å². The molecule has 0 spiro atoms. The first-order valence-electron chi connectivity index (χ1n) is 4.05. The molecule has 2 aromatic rings. The van der Waals surface area contributed by atoms with Crippen molar-refractivity contribution >= 4 is 45.5 Å². The molecule has 2 rings (SSSR count). The SMILES string of the molecule is Fc1cccc2ccc[c]([Mg][Br])c12. The third kappa shape index (κ3) is 1.73. The van der Waals surface area contributed by atoms with Crippen molar-refractivity contribution in [3.05, 3.63) is 42.2 Å². The Morgan fingerprint density at radius 1 is 1.08 bits per heavy atom. The summed E-state index contributed by atoms with van der Waals surface area (Å²) in [4.78, 5) is 0. The summed E-state index contributed by atoms with van der Waals surface area (Å²) in [7, 11) is 0. The van der Waals surface area contributed by atoms with E-state index in [4.69, 9.17) is 0 Å². The van der Waals surface area contributed by atoms with Crippen LogP contribution in [0.3, 0.4) is 0 Å². The van der Waals surface area contributed by atoms with Crippen molar-refractivity contribution in [1.82, 2.24) is 0 Å². The molecule has 0 radical (unpaired) electrons. The summed E-state index contributed by atoms with van der Waals surface area (Å²) < 4.78 is 14.6. The van der Waals surface area contributed by atoms with Crippen LogP contribution in [-0.4, -0.2) is 18.2 Å². The van der Waals surface area contributed by atoms with Crippen molar-refractivity contribution in [3.63, 3.8) is 0 Å². The van der Waals surface area contributed by atoms with Crippen LogP contribution in [0.2, 0.25) is 0 Å². The zero-order chi connectivity index (χ0) is 9.26. The maximum absolute atomic E-state index is 13.4. The molecule has 2 aromatic carbocycles. The van der Waals surface area contributed by atoms with Gasteiger partial charge in [-0.05, 0) is 16.8 Å². The van der Waals surface area contributed by atoms with E-state index in [0.29, 0.717) is 0 Å². The van der Waals surface area contributed by atoms with Crippen LogP contribution in [0, 0.1) is 5.82 Å². The summed E-state index contributed by atoms with van der Waals surface area (Å²) in [6.45, 7) is 0. The van der Waals surface area contributed by atoms with Crippen molar-refractivity contribution in [3.8, 4) is 0 Å². The number of hydrogen-bond donors (Lipinski definition) is 0. The van der Waals surface area contributed by atoms with Crippen LogP contribution in [0.5, 0.6) is 0 Å². The minimum absolute atomic E-state index is 0.111. The van der Waals surface area contributed by atoms with E-state index in [-0.39, 0.29) is 5.82 Å². The molecule has 13 heavy (non-hydrogen) atoms. The van der Waals surface area contributed by atoms with Crippen LogP contribution in [0.15, 0.2) is 36.4 Å². The molecule has 0 fully saturated rings. The lowest BCUT2D eigenvalue weighted by molar-refractivity contribution is 0.640. The highest BCUT2D eigenvalue weighted by Gasteiger charge is 2.05. The Kier molecular flexibility index (Phi) is 2.86. The van der Waals surface area contributed by atoms with Gasteiger partial charge in [-0.1, -0.05) is 30.3 Å². The summed E-state index contributed by atoms with van der Waals surface area (Å²) in [5.74, 6) is -0.111. The van der Waals surface area contributed by atoms with Crippen molar-refractivity contribution in [1.29, 1.82) is 0 Å². The summed E-state index contributed by atoms with van der Waals surface area (Å²) in [5, 5.41) is 1.78. The predicted octanol–water partition coefficient (Wildman–Crippen LogP) is 2.62. The number of hydrogen-bond acceptors (Lipinski definition) is 0. The molecule has 0 saturated heterocycles. The minimum Gasteiger partial charge on any atom is -0.296 e. The fraction of sp³-hybridized carbons (Fsp3) is 0. The Morgan fingerprint density at radius 2 is 1.77 bits per heavy atom. The molecular formula is C10H6BrFMg. The third-order valence-corrected chi connectivity index (χ3v) is 4.77. The highest BCUT2D eigenvalue weighted by molar-refractivity contribution is 9.23. The third-order valence-electron chi connectivity index (χ3n) is 2.08. The normalized spacial score (nSPS) is 10.0. The molecule has 0 amide bonds. The van der Waals surface area contributed by atoms with Gasteiger partial charge in [0.15, 0.2) is 0 Å². The molecule has 0 N–H and O–H groups in total. The first-order chi connectivity index (χ1) is 6.33. The summed E-state index contributed by atoms with van der Waals surface area (Å²) in [6, 6.07) is 11.1. The van der Waals surface area contributed by atoms with Gasteiger partial charge in [-0.2, -0.15) is 0 Å². The highest BCUT2D eigenvalue weighted by Crippen LogP contribution is 2.15. The largest absolute Gasteiger partial charge is 0.507 e. The molecule has 0 aliphatic carbocycles. The summed E-state index contributed by atoms with van der Waals surface area (Å²) >= 11 is 3.01. The van der Waals surface area contributed by atoms with E-state index in [9.17, 15) is 4.39 Å². The van der Waals surface area contributed by atoms with Gasteiger partial charge in [0.25, 0.3) is 0 Å². The molecule has 0 aromatic heterocycles. The number of halogens is 2. The van der Waals surface area contributed by atoms with Crippen molar-refractivity contribution in [2.45, 2.75) is 0 Å². The van der Waals surface area contributed by atoms with E-state index >= 15 is 0 Å². The fourth-order valence-electron chi connectivity index (χ4n) is 1.48.